The van der Waals surface area contributed by atoms with Gasteiger partial charge in [0, 0.05) is 27.1 Å². The van der Waals surface area contributed by atoms with Gasteiger partial charge in [-0.3, -0.25) is 14.4 Å². The van der Waals surface area contributed by atoms with Crippen LogP contribution in [0.15, 0.2) is 0 Å². The summed E-state index contributed by atoms with van der Waals surface area (Å²) >= 11 is 0. The fourth-order valence-corrected chi connectivity index (χ4v) is 1.10. The Kier molecular flexibility index (Phi) is 6.14. The average Bonchev–Trinajstić information content (AvgIpc) is 2.17. The van der Waals surface area contributed by atoms with Crippen molar-refractivity contribution in [3.63, 3.8) is 0 Å². The lowest BCUT2D eigenvalue weighted by molar-refractivity contribution is -0.140. The Labute approximate surface area is 94.8 Å². The highest BCUT2D eigenvalue weighted by molar-refractivity contribution is 5.83. The molecule has 0 rings (SSSR count). The Bertz CT molecular complexity index is 278. The highest BCUT2D eigenvalue weighted by Crippen LogP contribution is 1.95. The molecule has 0 saturated heterocycles. The predicted octanol–water partition coefficient (Wildman–Crippen LogP) is -0.212. The van der Waals surface area contributed by atoms with E-state index in [4.69, 9.17) is 5.11 Å². The van der Waals surface area contributed by atoms with Crippen molar-refractivity contribution in [1.29, 1.82) is 0 Å². The normalized spacial score (nSPS) is 9.69. The first kappa shape index (κ1) is 14.4. The summed E-state index contributed by atoms with van der Waals surface area (Å²) in [5.41, 5.74) is 0. The maximum absolute atomic E-state index is 11.6. The van der Waals surface area contributed by atoms with E-state index in [1.165, 1.54) is 23.8 Å². The maximum Gasteiger partial charge on any atom is 0.305 e. The molecule has 0 aromatic carbocycles. The topological polar surface area (TPSA) is 77.9 Å². The first-order chi connectivity index (χ1) is 7.38. The summed E-state index contributed by atoms with van der Waals surface area (Å²) in [6, 6.07) is 0. The number of carboxylic acid groups (broad SMARTS) is 1. The fourth-order valence-electron chi connectivity index (χ4n) is 1.10. The van der Waals surface area contributed by atoms with Crippen molar-refractivity contribution in [2.24, 2.45) is 0 Å². The standard InChI is InChI=1S/C10H18N2O4/c1-4-12(6-5-10(15)16)9(14)7-11(3)8(2)13/h4-7H2,1-3H3,(H,15,16). The zero-order chi connectivity index (χ0) is 12.7. The summed E-state index contributed by atoms with van der Waals surface area (Å²) in [7, 11) is 1.53. The molecule has 6 nitrogen and oxygen atoms in total. The van der Waals surface area contributed by atoms with Crippen LogP contribution in [0, 0.1) is 0 Å². The third-order valence-electron chi connectivity index (χ3n) is 2.24. The Morgan fingerprint density at radius 3 is 2.19 bits per heavy atom. The molecule has 0 aliphatic rings. The molecule has 0 unspecified atom stereocenters. The van der Waals surface area contributed by atoms with E-state index in [9.17, 15) is 14.4 Å². The van der Waals surface area contributed by atoms with E-state index >= 15 is 0 Å². The molecule has 0 heterocycles. The molecule has 6 heteroatoms. The minimum Gasteiger partial charge on any atom is -0.481 e. The Balaban J connectivity index is 4.20. The lowest BCUT2D eigenvalue weighted by Crippen LogP contribution is -2.41. The Morgan fingerprint density at radius 2 is 1.81 bits per heavy atom. The molecule has 0 aromatic rings. The van der Waals surface area contributed by atoms with Crippen LogP contribution in [0.1, 0.15) is 20.3 Å². The SMILES string of the molecule is CCN(CCC(=O)O)C(=O)CN(C)C(C)=O. The van der Waals surface area contributed by atoms with Gasteiger partial charge in [-0.1, -0.05) is 0 Å². The third kappa shape index (κ3) is 5.33. The first-order valence-electron chi connectivity index (χ1n) is 5.09. The van der Waals surface area contributed by atoms with Gasteiger partial charge in [0.05, 0.1) is 13.0 Å². The van der Waals surface area contributed by atoms with E-state index in [-0.39, 0.29) is 31.3 Å². The van der Waals surface area contributed by atoms with Gasteiger partial charge in [0.2, 0.25) is 11.8 Å². The number of carboxylic acids is 1. The van der Waals surface area contributed by atoms with E-state index in [2.05, 4.69) is 0 Å². The largest absolute Gasteiger partial charge is 0.481 e. The second-order valence-electron chi connectivity index (χ2n) is 3.49. The van der Waals surface area contributed by atoms with Gasteiger partial charge < -0.3 is 14.9 Å². The van der Waals surface area contributed by atoms with Crippen LogP contribution in [-0.4, -0.2) is 59.4 Å². The Morgan fingerprint density at radius 1 is 1.25 bits per heavy atom. The van der Waals surface area contributed by atoms with Gasteiger partial charge in [0.1, 0.15) is 0 Å². The summed E-state index contributed by atoms with van der Waals surface area (Å²) < 4.78 is 0. The first-order valence-corrected chi connectivity index (χ1v) is 5.09. The minimum absolute atomic E-state index is 0.0111. The van der Waals surface area contributed by atoms with Gasteiger partial charge in [-0.25, -0.2) is 0 Å². The van der Waals surface area contributed by atoms with Crippen LogP contribution in [0.3, 0.4) is 0 Å². The molecule has 0 atom stereocenters. The van der Waals surface area contributed by atoms with Gasteiger partial charge in [-0.2, -0.15) is 0 Å². The molecule has 16 heavy (non-hydrogen) atoms. The van der Waals surface area contributed by atoms with E-state index in [1.807, 2.05) is 0 Å². The second kappa shape index (κ2) is 6.81. The number of hydrogen-bond acceptors (Lipinski definition) is 3. The van der Waals surface area contributed by atoms with Crippen LogP contribution in [-0.2, 0) is 14.4 Å². The number of rotatable bonds is 6. The van der Waals surface area contributed by atoms with E-state index in [0.717, 1.165) is 0 Å². The lowest BCUT2D eigenvalue weighted by Gasteiger charge is -2.23. The lowest BCUT2D eigenvalue weighted by atomic mass is 10.3. The average molecular weight is 230 g/mol. The van der Waals surface area contributed by atoms with Gasteiger partial charge in [0.15, 0.2) is 0 Å². The van der Waals surface area contributed by atoms with Crippen molar-refractivity contribution >= 4 is 17.8 Å². The van der Waals surface area contributed by atoms with Gasteiger partial charge >= 0.3 is 5.97 Å². The van der Waals surface area contributed by atoms with Crippen molar-refractivity contribution < 1.29 is 19.5 Å². The zero-order valence-corrected chi connectivity index (χ0v) is 9.89. The Hall–Kier alpha value is -1.59. The maximum atomic E-state index is 11.6. The highest BCUT2D eigenvalue weighted by atomic mass is 16.4. The quantitative estimate of drug-likeness (QED) is 0.684. The molecule has 2 amide bonds. The number of hydrogen-bond donors (Lipinski definition) is 1. The number of carbonyl (C=O) groups is 3. The van der Waals surface area contributed by atoms with Crippen molar-refractivity contribution in [1.82, 2.24) is 9.80 Å². The summed E-state index contributed by atoms with van der Waals surface area (Å²) in [5.74, 6) is -1.37. The molecule has 1 N–H and O–H groups in total. The third-order valence-corrected chi connectivity index (χ3v) is 2.24. The van der Waals surface area contributed by atoms with Crippen molar-refractivity contribution in [3.8, 4) is 0 Å². The highest BCUT2D eigenvalue weighted by Gasteiger charge is 2.15. The number of amides is 2. The van der Waals surface area contributed by atoms with E-state index in [0.29, 0.717) is 6.54 Å². The minimum atomic E-state index is -0.939. The van der Waals surface area contributed by atoms with E-state index < -0.39 is 5.97 Å². The molecule has 0 spiro atoms. The number of likely N-dealkylation sites (N-methyl/N-ethyl adjacent to an activating group) is 2. The van der Waals surface area contributed by atoms with Crippen molar-refractivity contribution in [3.05, 3.63) is 0 Å². The van der Waals surface area contributed by atoms with Crippen LogP contribution in [0.5, 0.6) is 0 Å². The predicted molar refractivity (Wildman–Crippen MR) is 57.8 cm³/mol. The number of nitrogens with zero attached hydrogens (tertiary/aromatic N) is 2. The molecule has 0 saturated carbocycles. The van der Waals surface area contributed by atoms with Gasteiger partial charge in [0.25, 0.3) is 0 Å². The van der Waals surface area contributed by atoms with Crippen molar-refractivity contribution in [2.75, 3.05) is 26.7 Å². The molecule has 0 bridgehead atoms. The molecule has 92 valence electrons. The van der Waals surface area contributed by atoms with E-state index in [1.54, 1.807) is 6.92 Å². The molecule has 0 aliphatic carbocycles. The summed E-state index contributed by atoms with van der Waals surface area (Å²) in [5, 5.41) is 8.51. The summed E-state index contributed by atoms with van der Waals surface area (Å²) in [4.78, 5) is 35.6. The smallest absolute Gasteiger partial charge is 0.305 e. The fraction of sp³-hybridized carbons (Fsp3) is 0.700. The number of carbonyl (C=O) groups excluding carboxylic acids is 2. The van der Waals surface area contributed by atoms with Crippen LogP contribution in [0.4, 0.5) is 0 Å². The monoisotopic (exact) mass is 230 g/mol. The van der Waals surface area contributed by atoms with Crippen LogP contribution >= 0.6 is 0 Å². The van der Waals surface area contributed by atoms with Gasteiger partial charge in [-0.15, -0.1) is 0 Å². The van der Waals surface area contributed by atoms with Crippen LogP contribution < -0.4 is 0 Å². The van der Waals surface area contributed by atoms with Crippen molar-refractivity contribution in [2.45, 2.75) is 20.3 Å². The van der Waals surface area contributed by atoms with Crippen LogP contribution in [0.25, 0.3) is 0 Å². The molecular weight excluding hydrogens is 212 g/mol. The van der Waals surface area contributed by atoms with Gasteiger partial charge in [-0.05, 0) is 6.92 Å². The molecule has 0 aromatic heterocycles. The summed E-state index contributed by atoms with van der Waals surface area (Å²) in [6.07, 6.45) is -0.0800. The zero-order valence-electron chi connectivity index (χ0n) is 9.89. The second-order valence-corrected chi connectivity index (χ2v) is 3.49. The molecule has 0 fully saturated rings. The molecule has 0 radical (unpaired) electrons. The molecule has 0 aliphatic heterocycles. The summed E-state index contributed by atoms with van der Waals surface area (Å²) in [6.45, 7) is 3.76. The van der Waals surface area contributed by atoms with Crippen LogP contribution in [0.2, 0.25) is 0 Å². The molecular formula is C10H18N2O4. The number of aliphatic carboxylic acids is 1.